The zero-order valence-electron chi connectivity index (χ0n) is 21.9. The molecule has 7 aromatic rings. The van der Waals surface area contributed by atoms with Gasteiger partial charge in [0.25, 0.3) is 0 Å². The monoisotopic (exact) mass is 521 g/mol. The minimum absolute atomic E-state index is 0.665. The van der Waals surface area contributed by atoms with Crippen LogP contribution in [0.1, 0.15) is 13.8 Å². The number of fused-ring (bicyclic) bond motifs is 3. The molecule has 0 fully saturated rings. The summed E-state index contributed by atoms with van der Waals surface area (Å²) in [4.78, 5) is 15.0. The van der Waals surface area contributed by atoms with Crippen LogP contribution in [0.3, 0.4) is 0 Å². The van der Waals surface area contributed by atoms with Gasteiger partial charge in [0.2, 0.25) is 0 Å². The lowest BCUT2D eigenvalue weighted by atomic mass is 10.0. The van der Waals surface area contributed by atoms with Crippen LogP contribution in [-0.2, 0) is 0 Å². The molecular weight excluding hydrogens is 494 g/mol. The van der Waals surface area contributed by atoms with Gasteiger partial charge in [-0.05, 0) is 29.3 Å². The second-order valence-corrected chi connectivity index (χ2v) is 9.98. The molecule has 0 saturated heterocycles. The molecule has 3 nitrogen and oxygen atoms in total. The summed E-state index contributed by atoms with van der Waals surface area (Å²) in [5.74, 6) is 2.02. The molecular formula is C35H27N3S. The largest absolute Gasteiger partial charge is 0.208 e. The predicted octanol–water partition coefficient (Wildman–Crippen LogP) is 9.93. The van der Waals surface area contributed by atoms with Crippen LogP contribution in [0.2, 0.25) is 0 Å². The van der Waals surface area contributed by atoms with E-state index in [1.165, 1.54) is 20.2 Å². The highest BCUT2D eigenvalue weighted by atomic mass is 32.1. The third-order valence-electron chi connectivity index (χ3n) is 6.54. The first-order valence-corrected chi connectivity index (χ1v) is 14.0. The van der Waals surface area contributed by atoms with Gasteiger partial charge in [-0.1, -0.05) is 123 Å². The molecule has 2 aromatic heterocycles. The van der Waals surface area contributed by atoms with Gasteiger partial charge in [-0.2, -0.15) is 0 Å². The standard InChI is InChI=1S/C33H21N3S.C2H6/c1-3-11-22(12-4-1)24-15-9-16-25(21-24)32-34-31(23-13-5-2-6-14-23)35-33(36-32)27-18-10-20-29-30(27)26-17-7-8-19-28(26)37-29;1-2/h1-21H;1-2H3. The molecule has 0 aliphatic heterocycles. The molecule has 0 amide bonds. The third kappa shape index (κ3) is 4.83. The summed E-state index contributed by atoms with van der Waals surface area (Å²) < 4.78 is 2.49. The Kier molecular flexibility index (Phi) is 6.94. The SMILES string of the molecule is CC.c1ccc(-c2cccc(-c3nc(-c4ccccc4)nc(-c4cccc5sc6ccccc6c45)n3)c2)cc1. The maximum atomic E-state index is 5.05. The van der Waals surface area contributed by atoms with Crippen molar-refractivity contribution < 1.29 is 0 Å². The first kappa shape index (κ1) is 24.7. The van der Waals surface area contributed by atoms with E-state index in [1.54, 1.807) is 11.3 Å². The van der Waals surface area contributed by atoms with Gasteiger partial charge < -0.3 is 0 Å². The van der Waals surface area contributed by atoms with E-state index in [2.05, 4.69) is 91.0 Å². The van der Waals surface area contributed by atoms with Crippen LogP contribution in [0.25, 0.3) is 65.5 Å². The molecule has 0 unspecified atom stereocenters. The van der Waals surface area contributed by atoms with Crippen molar-refractivity contribution in [3.63, 3.8) is 0 Å². The first-order valence-electron chi connectivity index (χ1n) is 13.2. The third-order valence-corrected chi connectivity index (χ3v) is 7.67. The van der Waals surface area contributed by atoms with Gasteiger partial charge in [0.15, 0.2) is 17.5 Å². The second kappa shape index (κ2) is 11.0. The van der Waals surface area contributed by atoms with Gasteiger partial charge in [-0.3, -0.25) is 0 Å². The smallest absolute Gasteiger partial charge is 0.164 e. The molecule has 2 heterocycles. The topological polar surface area (TPSA) is 38.7 Å². The highest BCUT2D eigenvalue weighted by molar-refractivity contribution is 7.25. The molecule has 0 radical (unpaired) electrons. The van der Waals surface area contributed by atoms with E-state index in [-0.39, 0.29) is 0 Å². The normalized spacial score (nSPS) is 10.8. The summed E-state index contributed by atoms with van der Waals surface area (Å²) in [6.07, 6.45) is 0. The van der Waals surface area contributed by atoms with Crippen molar-refractivity contribution in [2.24, 2.45) is 0 Å². The van der Waals surface area contributed by atoms with Crippen LogP contribution >= 0.6 is 11.3 Å². The summed E-state index contributed by atoms with van der Waals surface area (Å²) in [7, 11) is 0. The van der Waals surface area contributed by atoms with Crippen molar-refractivity contribution in [2.45, 2.75) is 13.8 Å². The molecule has 188 valence electrons. The first-order chi connectivity index (χ1) is 19.3. The lowest BCUT2D eigenvalue weighted by molar-refractivity contribution is 1.08. The minimum atomic E-state index is 0.665. The van der Waals surface area contributed by atoms with Gasteiger partial charge in [-0.25, -0.2) is 15.0 Å². The Morgan fingerprint density at radius 3 is 1.74 bits per heavy atom. The van der Waals surface area contributed by atoms with Crippen molar-refractivity contribution >= 4 is 31.5 Å². The zero-order chi connectivity index (χ0) is 26.6. The summed E-state index contributed by atoms with van der Waals surface area (Å²) >= 11 is 1.80. The Morgan fingerprint density at radius 1 is 0.436 bits per heavy atom. The van der Waals surface area contributed by atoms with E-state index < -0.39 is 0 Å². The van der Waals surface area contributed by atoms with E-state index in [0.717, 1.165) is 27.8 Å². The van der Waals surface area contributed by atoms with E-state index >= 15 is 0 Å². The molecule has 0 aliphatic rings. The van der Waals surface area contributed by atoms with Crippen LogP contribution in [0.4, 0.5) is 0 Å². The highest BCUT2D eigenvalue weighted by Gasteiger charge is 2.17. The van der Waals surface area contributed by atoms with Gasteiger partial charge >= 0.3 is 0 Å². The molecule has 0 N–H and O–H groups in total. The molecule has 0 atom stereocenters. The Bertz CT molecular complexity index is 1880. The average molecular weight is 522 g/mol. The minimum Gasteiger partial charge on any atom is -0.208 e. The van der Waals surface area contributed by atoms with Crippen molar-refractivity contribution in [1.29, 1.82) is 0 Å². The summed E-state index contributed by atoms with van der Waals surface area (Å²) in [5.41, 5.74) is 5.25. The van der Waals surface area contributed by atoms with Crippen molar-refractivity contribution in [3.05, 3.63) is 127 Å². The fourth-order valence-corrected chi connectivity index (χ4v) is 5.90. The number of thiophene rings is 1. The number of hydrogen-bond acceptors (Lipinski definition) is 4. The molecule has 0 saturated carbocycles. The fraction of sp³-hybridized carbons (Fsp3) is 0.0571. The molecule has 7 rings (SSSR count). The molecule has 0 aliphatic carbocycles. The maximum absolute atomic E-state index is 5.05. The number of aromatic nitrogens is 3. The van der Waals surface area contributed by atoms with Crippen LogP contribution in [0, 0.1) is 0 Å². The van der Waals surface area contributed by atoms with Crippen molar-refractivity contribution in [2.75, 3.05) is 0 Å². The van der Waals surface area contributed by atoms with Crippen molar-refractivity contribution in [1.82, 2.24) is 15.0 Å². The van der Waals surface area contributed by atoms with Gasteiger partial charge in [0, 0.05) is 36.9 Å². The van der Waals surface area contributed by atoms with Crippen molar-refractivity contribution in [3.8, 4) is 45.3 Å². The Balaban J connectivity index is 0.00000135. The average Bonchev–Trinajstić information content (AvgIpc) is 3.42. The molecule has 5 aromatic carbocycles. The zero-order valence-corrected chi connectivity index (χ0v) is 22.7. The summed E-state index contributed by atoms with van der Waals surface area (Å²) in [6.45, 7) is 4.00. The lowest BCUT2D eigenvalue weighted by Gasteiger charge is -2.10. The van der Waals surface area contributed by atoms with Crippen LogP contribution in [0.5, 0.6) is 0 Å². The number of nitrogens with zero attached hydrogens (tertiary/aromatic N) is 3. The Morgan fingerprint density at radius 2 is 0.974 bits per heavy atom. The van der Waals surface area contributed by atoms with Gasteiger partial charge in [0.05, 0.1) is 0 Å². The molecule has 4 heteroatoms. The van der Waals surface area contributed by atoms with Gasteiger partial charge in [-0.15, -0.1) is 11.3 Å². The molecule has 0 spiro atoms. The van der Waals surface area contributed by atoms with Crippen LogP contribution in [-0.4, -0.2) is 15.0 Å². The number of rotatable bonds is 4. The van der Waals surface area contributed by atoms with Crippen LogP contribution < -0.4 is 0 Å². The molecule has 0 bridgehead atoms. The van der Waals surface area contributed by atoms with Crippen LogP contribution in [0.15, 0.2) is 127 Å². The lowest BCUT2D eigenvalue weighted by Crippen LogP contribution is -2.00. The van der Waals surface area contributed by atoms with E-state index in [0.29, 0.717) is 17.5 Å². The molecule has 39 heavy (non-hydrogen) atoms. The highest BCUT2D eigenvalue weighted by Crippen LogP contribution is 2.39. The summed E-state index contributed by atoms with van der Waals surface area (Å²) in [6, 6.07) is 43.9. The summed E-state index contributed by atoms with van der Waals surface area (Å²) in [5, 5.41) is 2.42. The Hall–Kier alpha value is -4.67. The van der Waals surface area contributed by atoms with Gasteiger partial charge in [0.1, 0.15) is 0 Å². The number of benzene rings is 5. The predicted molar refractivity (Wildman–Crippen MR) is 166 cm³/mol. The number of hydrogen-bond donors (Lipinski definition) is 0. The van der Waals surface area contributed by atoms with E-state index in [4.69, 9.17) is 15.0 Å². The second-order valence-electron chi connectivity index (χ2n) is 8.90. The van der Waals surface area contributed by atoms with E-state index in [9.17, 15) is 0 Å². The quantitative estimate of drug-likeness (QED) is 0.231. The Labute approximate surface area is 232 Å². The van der Waals surface area contributed by atoms with E-state index in [1.807, 2.05) is 50.2 Å². The fourth-order valence-electron chi connectivity index (χ4n) is 4.77. The maximum Gasteiger partial charge on any atom is 0.164 e.